The monoisotopic (exact) mass is 349 g/mol. The van der Waals surface area contributed by atoms with Crippen molar-refractivity contribution >= 4 is 22.5 Å². The molecule has 2 aromatic carbocycles. The molecule has 6 nitrogen and oxygen atoms in total. The Kier molecular flexibility index (Phi) is 4.84. The first-order valence-corrected chi connectivity index (χ1v) is 8.21. The Bertz CT molecular complexity index is 1110. The molecule has 0 atom stereocenters. The van der Waals surface area contributed by atoms with E-state index in [1.54, 1.807) is 30.3 Å². The van der Waals surface area contributed by atoms with E-state index in [0.29, 0.717) is 16.6 Å². The van der Waals surface area contributed by atoms with Crippen molar-refractivity contribution in [2.24, 2.45) is 0 Å². The fraction of sp³-hybridized carbons (Fsp3) is 0.150. The van der Waals surface area contributed by atoms with Gasteiger partial charge in [-0.2, -0.15) is 0 Å². The Morgan fingerprint density at radius 3 is 2.62 bits per heavy atom. The molecule has 1 amide bonds. The van der Waals surface area contributed by atoms with Gasteiger partial charge >= 0.3 is 5.69 Å². The molecule has 0 aliphatic rings. The van der Waals surface area contributed by atoms with E-state index in [9.17, 15) is 14.4 Å². The van der Waals surface area contributed by atoms with Gasteiger partial charge in [0.2, 0.25) is 5.91 Å². The number of carbonyl (C=O) groups is 1. The van der Waals surface area contributed by atoms with Gasteiger partial charge < -0.3 is 5.32 Å². The van der Waals surface area contributed by atoms with Crippen molar-refractivity contribution in [3.8, 4) is 0 Å². The molecule has 3 aromatic rings. The van der Waals surface area contributed by atoms with Crippen molar-refractivity contribution in [2.45, 2.75) is 20.0 Å². The lowest BCUT2D eigenvalue weighted by Crippen LogP contribution is -2.41. The summed E-state index contributed by atoms with van der Waals surface area (Å²) in [6.45, 7) is 5.41. The van der Waals surface area contributed by atoms with Crippen molar-refractivity contribution in [1.29, 1.82) is 0 Å². The summed E-state index contributed by atoms with van der Waals surface area (Å²) in [7, 11) is 0. The fourth-order valence-electron chi connectivity index (χ4n) is 2.88. The predicted molar refractivity (Wildman–Crippen MR) is 102 cm³/mol. The standard InChI is InChI=1S/C20H19N3O3/c1-3-11-22-19(25)16-9-4-5-10-17(16)23(20(22)26)13-18(24)21-15-8-6-7-14(2)12-15/h3-10,12H,1,11,13H2,2H3,(H,21,24). The number of fused-ring (bicyclic) bond motifs is 1. The van der Waals surface area contributed by atoms with Crippen molar-refractivity contribution in [3.05, 3.63) is 87.6 Å². The Hall–Kier alpha value is -3.41. The molecular formula is C20H19N3O3. The van der Waals surface area contributed by atoms with Gasteiger partial charge in [0, 0.05) is 12.2 Å². The Labute approximate surface area is 150 Å². The van der Waals surface area contributed by atoms with Crippen LogP contribution in [0.3, 0.4) is 0 Å². The maximum Gasteiger partial charge on any atom is 0.332 e. The summed E-state index contributed by atoms with van der Waals surface area (Å²) >= 11 is 0. The van der Waals surface area contributed by atoms with Crippen LogP contribution in [0.5, 0.6) is 0 Å². The van der Waals surface area contributed by atoms with E-state index >= 15 is 0 Å². The summed E-state index contributed by atoms with van der Waals surface area (Å²) in [5.74, 6) is -0.341. The third kappa shape index (κ3) is 3.35. The second kappa shape index (κ2) is 7.23. The third-order valence-corrected chi connectivity index (χ3v) is 4.05. The minimum atomic E-state index is -0.534. The van der Waals surface area contributed by atoms with Crippen LogP contribution >= 0.6 is 0 Å². The Balaban J connectivity index is 2.04. The number of benzene rings is 2. The first-order valence-electron chi connectivity index (χ1n) is 8.21. The molecule has 0 saturated carbocycles. The summed E-state index contributed by atoms with van der Waals surface area (Å²) in [5, 5.41) is 3.17. The number of rotatable bonds is 5. The number of hydrogen-bond acceptors (Lipinski definition) is 3. The highest BCUT2D eigenvalue weighted by molar-refractivity contribution is 5.91. The third-order valence-electron chi connectivity index (χ3n) is 4.05. The van der Waals surface area contributed by atoms with Crippen molar-refractivity contribution < 1.29 is 4.79 Å². The highest BCUT2D eigenvalue weighted by atomic mass is 16.2. The van der Waals surface area contributed by atoms with Gasteiger partial charge in [-0.15, -0.1) is 6.58 Å². The van der Waals surface area contributed by atoms with Gasteiger partial charge in [0.05, 0.1) is 10.9 Å². The highest BCUT2D eigenvalue weighted by Gasteiger charge is 2.14. The molecule has 0 aliphatic heterocycles. The van der Waals surface area contributed by atoms with Gasteiger partial charge in [0.25, 0.3) is 5.56 Å². The minimum Gasteiger partial charge on any atom is -0.325 e. The van der Waals surface area contributed by atoms with Crippen LogP contribution in [0.4, 0.5) is 5.69 Å². The minimum absolute atomic E-state index is 0.0853. The topological polar surface area (TPSA) is 73.1 Å². The molecule has 0 unspecified atom stereocenters. The molecule has 6 heteroatoms. The molecule has 1 heterocycles. The van der Waals surface area contributed by atoms with Crippen LogP contribution in [-0.4, -0.2) is 15.0 Å². The molecule has 132 valence electrons. The summed E-state index contributed by atoms with van der Waals surface area (Å²) in [6, 6.07) is 14.2. The largest absolute Gasteiger partial charge is 0.332 e. The zero-order valence-electron chi connectivity index (χ0n) is 14.4. The van der Waals surface area contributed by atoms with Crippen LogP contribution in [0.25, 0.3) is 10.9 Å². The van der Waals surface area contributed by atoms with Crippen LogP contribution in [0.15, 0.2) is 70.8 Å². The summed E-state index contributed by atoms with van der Waals surface area (Å²) < 4.78 is 2.39. The zero-order valence-corrected chi connectivity index (χ0v) is 14.4. The maximum atomic E-state index is 12.7. The first kappa shape index (κ1) is 17.4. The number of hydrogen-bond donors (Lipinski definition) is 1. The van der Waals surface area contributed by atoms with Gasteiger partial charge in [-0.3, -0.25) is 18.7 Å². The number of allylic oxidation sites excluding steroid dienone is 1. The van der Waals surface area contributed by atoms with Crippen molar-refractivity contribution in [1.82, 2.24) is 9.13 Å². The van der Waals surface area contributed by atoms with Crippen molar-refractivity contribution in [2.75, 3.05) is 5.32 Å². The smallest absolute Gasteiger partial charge is 0.325 e. The lowest BCUT2D eigenvalue weighted by atomic mass is 10.2. The van der Waals surface area contributed by atoms with E-state index in [1.807, 2.05) is 25.1 Å². The zero-order chi connectivity index (χ0) is 18.7. The normalized spacial score (nSPS) is 10.7. The van der Waals surface area contributed by atoms with Crippen LogP contribution in [-0.2, 0) is 17.9 Å². The molecule has 0 spiro atoms. The average molecular weight is 349 g/mol. The Morgan fingerprint density at radius 2 is 1.88 bits per heavy atom. The van der Waals surface area contributed by atoms with E-state index < -0.39 is 5.69 Å². The molecule has 0 radical (unpaired) electrons. The summed E-state index contributed by atoms with van der Waals surface area (Å²) in [6.07, 6.45) is 1.48. The lowest BCUT2D eigenvalue weighted by molar-refractivity contribution is -0.116. The van der Waals surface area contributed by atoms with Gasteiger partial charge in [0.15, 0.2) is 0 Å². The van der Waals surface area contributed by atoms with E-state index in [0.717, 1.165) is 10.1 Å². The summed E-state index contributed by atoms with van der Waals surface area (Å²) in [4.78, 5) is 37.7. The number of nitrogens with one attached hydrogen (secondary N) is 1. The Morgan fingerprint density at radius 1 is 1.12 bits per heavy atom. The van der Waals surface area contributed by atoms with E-state index in [1.165, 1.54) is 10.6 Å². The van der Waals surface area contributed by atoms with Crippen LogP contribution < -0.4 is 16.6 Å². The molecule has 0 saturated heterocycles. The van der Waals surface area contributed by atoms with Crippen LogP contribution in [0.2, 0.25) is 0 Å². The number of amides is 1. The van der Waals surface area contributed by atoms with Crippen molar-refractivity contribution in [3.63, 3.8) is 0 Å². The van der Waals surface area contributed by atoms with E-state index in [-0.39, 0.29) is 24.6 Å². The second-order valence-electron chi connectivity index (χ2n) is 6.01. The molecule has 0 bridgehead atoms. The summed E-state index contributed by atoms with van der Waals surface area (Å²) in [5.41, 5.74) is 1.19. The molecule has 26 heavy (non-hydrogen) atoms. The molecule has 0 fully saturated rings. The second-order valence-corrected chi connectivity index (χ2v) is 6.01. The number of aromatic nitrogens is 2. The predicted octanol–water partition coefficient (Wildman–Crippen LogP) is 2.30. The maximum absolute atomic E-state index is 12.7. The average Bonchev–Trinajstić information content (AvgIpc) is 2.62. The number of anilines is 1. The van der Waals surface area contributed by atoms with Crippen LogP contribution in [0, 0.1) is 6.92 Å². The quantitative estimate of drug-likeness (QED) is 0.718. The van der Waals surface area contributed by atoms with Gasteiger partial charge in [-0.05, 0) is 36.8 Å². The molecule has 3 rings (SSSR count). The number of carbonyl (C=O) groups excluding carboxylic acids is 1. The van der Waals surface area contributed by atoms with Crippen LogP contribution in [0.1, 0.15) is 5.56 Å². The first-order chi connectivity index (χ1) is 12.5. The van der Waals surface area contributed by atoms with Gasteiger partial charge in [0.1, 0.15) is 6.54 Å². The number of nitrogens with zero attached hydrogens (tertiary/aromatic N) is 2. The molecule has 0 aliphatic carbocycles. The van der Waals surface area contributed by atoms with E-state index in [2.05, 4.69) is 11.9 Å². The SMILES string of the molecule is C=CCn1c(=O)c2ccccc2n(CC(=O)Nc2cccc(C)c2)c1=O. The molecule has 1 N–H and O–H groups in total. The fourth-order valence-corrected chi connectivity index (χ4v) is 2.88. The molecular weight excluding hydrogens is 330 g/mol. The lowest BCUT2D eigenvalue weighted by Gasteiger charge is -2.13. The number of para-hydroxylation sites is 1. The van der Waals surface area contributed by atoms with E-state index in [4.69, 9.17) is 0 Å². The van der Waals surface area contributed by atoms with Gasteiger partial charge in [-0.25, -0.2) is 4.79 Å². The van der Waals surface area contributed by atoms with Gasteiger partial charge in [-0.1, -0.05) is 30.3 Å². The molecule has 1 aromatic heterocycles. The highest BCUT2D eigenvalue weighted by Crippen LogP contribution is 2.11. The number of aryl methyl sites for hydroxylation is 1.